The second kappa shape index (κ2) is 5.10. The summed E-state index contributed by atoms with van der Waals surface area (Å²) in [6.45, 7) is 0. The molecule has 0 aromatic carbocycles. The van der Waals surface area contributed by atoms with Gasteiger partial charge >= 0.3 is 5.97 Å². The van der Waals surface area contributed by atoms with E-state index in [1.807, 2.05) is 0 Å². The molecule has 0 saturated carbocycles. The minimum Gasteiger partial charge on any atom is -0.465 e. The lowest BCUT2D eigenvalue weighted by atomic mass is 10.0. The topological polar surface area (TPSA) is 90.6 Å². The third-order valence-electron chi connectivity index (χ3n) is 3.70. The number of nitrogens with zero attached hydrogens (tertiary/aromatic N) is 3. The molecule has 1 saturated heterocycles. The Kier molecular flexibility index (Phi) is 3.40. The van der Waals surface area contributed by atoms with Gasteiger partial charge in [-0.1, -0.05) is 0 Å². The maximum absolute atomic E-state index is 11.7. The van der Waals surface area contributed by atoms with Crippen LogP contribution < -0.4 is 0 Å². The molecule has 0 amide bonds. The van der Waals surface area contributed by atoms with E-state index >= 15 is 0 Å². The Hall–Kier alpha value is -1.96. The Balaban J connectivity index is 1.97. The molecule has 0 bridgehead atoms. The molecule has 1 aliphatic rings. The van der Waals surface area contributed by atoms with Crippen LogP contribution in [0.1, 0.15) is 34.9 Å². The molecule has 0 atom stereocenters. The van der Waals surface area contributed by atoms with E-state index < -0.39 is 15.8 Å². The number of hydrogen-bond donors (Lipinski definition) is 0. The fourth-order valence-corrected chi connectivity index (χ4v) is 4.00. The summed E-state index contributed by atoms with van der Waals surface area (Å²) < 4.78 is 29.2. The molecule has 7 nitrogen and oxygen atoms in total. The van der Waals surface area contributed by atoms with Gasteiger partial charge in [0.15, 0.2) is 11.5 Å². The highest BCUT2D eigenvalue weighted by Gasteiger charge is 2.28. The largest absolute Gasteiger partial charge is 0.465 e. The highest BCUT2D eigenvalue weighted by Crippen LogP contribution is 2.27. The van der Waals surface area contributed by atoms with Gasteiger partial charge in [0.25, 0.3) is 0 Å². The summed E-state index contributed by atoms with van der Waals surface area (Å²) in [6, 6.07) is 3.33. The van der Waals surface area contributed by atoms with Gasteiger partial charge in [-0.3, -0.25) is 0 Å². The SMILES string of the molecule is COC(=O)c1cccn2nc(C3CCS(=O)(=O)CC3)nc12. The van der Waals surface area contributed by atoms with Crippen molar-refractivity contribution in [1.29, 1.82) is 0 Å². The van der Waals surface area contributed by atoms with E-state index in [1.165, 1.54) is 11.6 Å². The molecule has 0 N–H and O–H groups in total. The van der Waals surface area contributed by atoms with Crippen molar-refractivity contribution in [3.63, 3.8) is 0 Å². The standard InChI is InChI=1S/C13H15N3O4S/c1-20-13(17)10-3-2-6-16-12(10)14-11(15-16)9-4-7-21(18,19)8-5-9/h2-3,6,9H,4-5,7-8H2,1H3. The number of ether oxygens (including phenoxy) is 1. The summed E-state index contributed by atoms with van der Waals surface area (Å²) in [5, 5.41) is 4.36. The van der Waals surface area contributed by atoms with E-state index in [0.29, 0.717) is 29.9 Å². The van der Waals surface area contributed by atoms with Crippen molar-refractivity contribution in [1.82, 2.24) is 14.6 Å². The third kappa shape index (κ3) is 2.63. The zero-order chi connectivity index (χ0) is 15.0. The van der Waals surface area contributed by atoms with Gasteiger partial charge in [-0.05, 0) is 25.0 Å². The van der Waals surface area contributed by atoms with E-state index in [2.05, 4.69) is 10.1 Å². The summed E-state index contributed by atoms with van der Waals surface area (Å²) in [5.74, 6) is 0.458. The lowest BCUT2D eigenvalue weighted by molar-refractivity contribution is 0.0602. The van der Waals surface area contributed by atoms with Crippen molar-refractivity contribution < 1.29 is 17.9 Å². The number of esters is 1. The molecular formula is C13H15N3O4S. The molecule has 0 spiro atoms. The van der Waals surface area contributed by atoms with Crippen molar-refractivity contribution in [3.8, 4) is 0 Å². The zero-order valence-corrected chi connectivity index (χ0v) is 12.3. The Morgan fingerprint density at radius 2 is 2.10 bits per heavy atom. The fourth-order valence-electron chi connectivity index (χ4n) is 2.51. The molecule has 2 aromatic heterocycles. The van der Waals surface area contributed by atoms with Crippen LogP contribution in [0.25, 0.3) is 5.65 Å². The van der Waals surface area contributed by atoms with Crippen LogP contribution in [-0.2, 0) is 14.6 Å². The average Bonchev–Trinajstić information content (AvgIpc) is 2.90. The third-order valence-corrected chi connectivity index (χ3v) is 5.42. The molecule has 3 heterocycles. The molecule has 112 valence electrons. The number of aromatic nitrogens is 3. The predicted molar refractivity (Wildman–Crippen MR) is 75.0 cm³/mol. The summed E-state index contributed by atoms with van der Waals surface area (Å²) >= 11 is 0. The van der Waals surface area contributed by atoms with Crippen LogP contribution in [0.2, 0.25) is 0 Å². The molecular weight excluding hydrogens is 294 g/mol. The molecule has 21 heavy (non-hydrogen) atoms. The lowest BCUT2D eigenvalue weighted by Gasteiger charge is -2.18. The van der Waals surface area contributed by atoms with E-state index in [9.17, 15) is 13.2 Å². The summed E-state index contributed by atoms with van der Waals surface area (Å²) in [4.78, 5) is 16.1. The summed E-state index contributed by atoms with van der Waals surface area (Å²) in [7, 11) is -1.60. The van der Waals surface area contributed by atoms with Crippen LogP contribution in [0.5, 0.6) is 0 Å². The van der Waals surface area contributed by atoms with Gasteiger partial charge in [0.05, 0.1) is 18.6 Å². The Bertz CT molecular complexity index is 783. The quantitative estimate of drug-likeness (QED) is 0.762. The maximum Gasteiger partial charge on any atom is 0.341 e. The van der Waals surface area contributed by atoms with Crippen LogP contribution in [0.4, 0.5) is 0 Å². The van der Waals surface area contributed by atoms with E-state index in [4.69, 9.17) is 4.74 Å². The van der Waals surface area contributed by atoms with Gasteiger partial charge in [-0.2, -0.15) is 5.10 Å². The summed E-state index contributed by atoms with van der Waals surface area (Å²) in [5.41, 5.74) is 0.787. The molecule has 2 aromatic rings. The van der Waals surface area contributed by atoms with Crippen molar-refractivity contribution in [2.24, 2.45) is 0 Å². The van der Waals surface area contributed by atoms with E-state index in [-0.39, 0.29) is 17.4 Å². The van der Waals surface area contributed by atoms with Gasteiger partial charge in [-0.15, -0.1) is 0 Å². The molecule has 8 heteroatoms. The highest BCUT2D eigenvalue weighted by atomic mass is 32.2. The van der Waals surface area contributed by atoms with Crippen LogP contribution >= 0.6 is 0 Å². The molecule has 3 rings (SSSR count). The average molecular weight is 309 g/mol. The molecule has 0 unspecified atom stereocenters. The van der Waals surface area contributed by atoms with E-state index in [0.717, 1.165) is 0 Å². The minimum atomic E-state index is -2.92. The van der Waals surface area contributed by atoms with Gasteiger partial charge < -0.3 is 4.74 Å². The van der Waals surface area contributed by atoms with Crippen LogP contribution in [0.15, 0.2) is 18.3 Å². The van der Waals surface area contributed by atoms with Gasteiger partial charge in [0.2, 0.25) is 0 Å². The molecule has 1 fully saturated rings. The van der Waals surface area contributed by atoms with Crippen molar-refractivity contribution in [3.05, 3.63) is 29.7 Å². The van der Waals surface area contributed by atoms with Gasteiger partial charge in [-0.25, -0.2) is 22.7 Å². The van der Waals surface area contributed by atoms with Crippen LogP contribution in [-0.4, -0.2) is 47.6 Å². The Morgan fingerprint density at radius 3 is 2.76 bits per heavy atom. The number of hydrogen-bond acceptors (Lipinski definition) is 6. The summed E-state index contributed by atoms with van der Waals surface area (Å²) in [6.07, 6.45) is 2.75. The van der Waals surface area contributed by atoms with Crippen LogP contribution in [0, 0.1) is 0 Å². The first-order chi connectivity index (χ1) is 10.00. The van der Waals surface area contributed by atoms with Gasteiger partial charge in [0, 0.05) is 12.1 Å². The first-order valence-electron chi connectivity index (χ1n) is 6.64. The number of rotatable bonds is 2. The lowest BCUT2D eigenvalue weighted by Crippen LogP contribution is -2.22. The number of fused-ring (bicyclic) bond motifs is 1. The second-order valence-electron chi connectivity index (χ2n) is 5.08. The van der Waals surface area contributed by atoms with Crippen molar-refractivity contribution in [2.75, 3.05) is 18.6 Å². The number of carbonyl (C=O) groups is 1. The van der Waals surface area contributed by atoms with Crippen LogP contribution in [0.3, 0.4) is 0 Å². The minimum absolute atomic E-state index is 0.0129. The molecule has 0 aliphatic carbocycles. The molecule has 0 radical (unpaired) electrons. The maximum atomic E-state index is 11.7. The predicted octanol–water partition coefficient (Wildman–Crippen LogP) is 0.808. The number of carbonyl (C=O) groups excluding carboxylic acids is 1. The fraction of sp³-hybridized carbons (Fsp3) is 0.462. The first-order valence-corrected chi connectivity index (χ1v) is 8.46. The normalized spacial score (nSPS) is 18.7. The molecule has 1 aliphatic heterocycles. The Labute approximate surface area is 121 Å². The van der Waals surface area contributed by atoms with Crippen molar-refractivity contribution >= 4 is 21.5 Å². The highest BCUT2D eigenvalue weighted by molar-refractivity contribution is 7.91. The number of pyridine rings is 1. The number of methoxy groups -OCH3 is 1. The monoisotopic (exact) mass is 309 g/mol. The smallest absolute Gasteiger partial charge is 0.341 e. The Morgan fingerprint density at radius 1 is 1.38 bits per heavy atom. The first kappa shape index (κ1) is 14.0. The van der Waals surface area contributed by atoms with E-state index in [1.54, 1.807) is 18.3 Å². The van der Waals surface area contributed by atoms with Crippen molar-refractivity contribution in [2.45, 2.75) is 18.8 Å². The zero-order valence-electron chi connectivity index (χ0n) is 11.5. The van der Waals surface area contributed by atoms with Gasteiger partial charge in [0.1, 0.15) is 15.4 Å². The number of sulfone groups is 1. The second-order valence-corrected chi connectivity index (χ2v) is 7.38.